The van der Waals surface area contributed by atoms with Crippen LogP contribution in [-0.2, 0) is 9.53 Å². The number of likely N-dealkylation sites (tertiary alicyclic amines) is 1. The van der Waals surface area contributed by atoms with Crippen LogP contribution in [0, 0.1) is 16.7 Å². The first-order valence-electron chi connectivity index (χ1n) is 5.95. The van der Waals surface area contributed by atoms with E-state index in [4.69, 9.17) is 10.00 Å². The van der Waals surface area contributed by atoms with E-state index in [2.05, 4.69) is 6.07 Å². The number of methoxy groups -OCH3 is 1. The number of nitriles is 1. The van der Waals surface area contributed by atoms with Crippen molar-refractivity contribution in [1.29, 1.82) is 5.26 Å². The summed E-state index contributed by atoms with van der Waals surface area (Å²) in [4.78, 5) is 14.0. The number of piperidine rings is 1. The number of amides is 1. The maximum Gasteiger partial charge on any atom is 0.243 e. The lowest BCUT2D eigenvalue weighted by Gasteiger charge is -2.40. The molecule has 88 valence electrons. The fraction of sp³-hybridized carbons (Fsp3) is 0.833. The number of ether oxygens (including phenoxy) is 1. The summed E-state index contributed by atoms with van der Waals surface area (Å²) in [5.41, 5.74) is -0.681. The molecule has 1 heterocycles. The van der Waals surface area contributed by atoms with Crippen molar-refractivity contribution >= 4 is 5.91 Å². The van der Waals surface area contributed by atoms with Crippen LogP contribution in [0.25, 0.3) is 0 Å². The number of nitrogens with zero attached hydrogens (tertiary/aromatic N) is 2. The van der Waals surface area contributed by atoms with E-state index in [0.29, 0.717) is 0 Å². The van der Waals surface area contributed by atoms with Gasteiger partial charge in [-0.15, -0.1) is 0 Å². The van der Waals surface area contributed by atoms with Crippen molar-refractivity contribution in [3.63, 3.8) is 0 Å². The molecule has 0 radical (unpaired) electrons. The maximum atomic E-state index is 12.2. The van der Waals surface area contributed by atoms with Gasteiger partial charge in [0, 0.05) is 20.2 Å². The molecular formula is C12H18N2O2. The minimum atomic E-state index is -0.681. The Balaban J connectivity index is 1.94. The highest BCUT2D eigenvalue weighted by Gasteiger charge is 2.47. The van der Waals surface area contributed by atoms with Gasteiger partial charge >= 0.3 is 0 Å². The predicted molar refractivity (Wildman–Crippen MR) is 58.5 cm³/mol. The van der Waals surface area contributed by atoms with Gasteiger partial charge in [-0.25, -0.2) is 0 Å². The molecule has 0 bridgehead atoms. The lowest BCUT2D eigenvalue weighted by Crippen LogP contribution is -2.50. The Morgan fingerprint density at radius 3 is 2.44 bits per heavy atom. The topological polar surface area (TPSA) is 53.3 Å². The molecule has 1 aliphatic heterocycles. The van der Waals surface area contributed by atoms with Crippen LogP contribution >= 0.6 is 0 Å². The lowest BCUT2D eigenvalue weighted by atomic mass is 9.69. The molecule has 0 atom stereocenters. The normalized spacial score (nSPS) is 24.6. The van der Waals surface area contributed by atoms with Gasteiger partial charge in [0.1, 0.15) is 5.41 Å². The van der Waals surface area contributed by atoms with Crippen LogP contribution in [0.5, 0.6) is 0 Å². The van der Waals surface area contributed by atoms with Crippen LogP contribution in [0.4, 0.5) is 0 Å². The van der Waals surface area contributed by atoms with Gasteiger partial charge in [-0.1, -0.05) is 0 Å². The Labute approximate surface area is 96.2 Å². The van der Waals surface area contributed by atoms with Crippen molar-refractivity contribution in [2.75, 3.05) is 20.2 Å². The summed E-state index contributed by atoms with van der Waals surface area (Å²) < 4.78 is 5.27. The SMILES string of the molecule is COC1CCN(C(=O)C2(C#N)CCC2)CC1. The van der Waals surface area contributed by atoms with Crippen molar-refractivity contribution in [2.45, 2.75) is 38.2 Å². The molecular weight excluding hydrogens is 204 g/mol. The highest BCUT2D eigenvalue weighted by molar-refractivity contribution is 5.86. The number of carbonyl (C=O) groups is 1. The summed E-state index contributed by atoms with van der Waals surface area (Å²) in [6, 6.07) is 2.21. The summed E-state index contributed by atoms with van der Waals surface area (Å²) in [5, 5.41) is 9.11. The third-order valence-electron chi connectivity index (χ3n) is 3.89. The molecule has 0 spiro atoms. The molecule has 1 saturated heterocycles. The molecule has 4 heteroatoms. The average Bonchev–Trinajstić information content (AvgIpc) is 2.28. The second kappa shape index (κ2) is 4.42. The van der Waals surface area contributed by atoms with Gasteiger partial charge in [0.05, 0.1) is 12.2 Å². The Hall–Kier alpha value is -1.08. The van der Waals surface area contributed by atoms with Crippen LogP contribution in [0.1, 0.15) is 32.1 Å². The van der Waals surface area contributed by atoms with E-state index in [0.717, 1.165) is 45.2 Å². The van der Waals surface area contributed by atoms with E-state index in [1.807, 2.05) is 4.90 Å². The van der Waals surface area contributed by atoms with Crippen molar-refractivity contribution < 1.29 is 9.53 Å². The summed E-state index contributed by atoms with van der Waals surface area (Å²) in [6.07, 6.45) is 4.56. The van der Waals surface area contributed by atoms with Crippen molar-refractivity contribution in [3.8, 4) is 6.07 Å². The largest absolute Gasteiger partial charge is 0.381 e. The van der Waals surface area contributed by atoms with Gasteiger partial charge < -0.3 is 9.64 Å². The predicted octanol–water partition coefficient (Wildman–Crippen LogP) is 1.32. The highest BCUT2D eigenvalue weighted by atomic mass is 16.5. The van der Waals surface area contributed by atoms with Gasteiger partial charge in [0.2, 0.25) is 5.91 Å². The van der Waals surface area contributed by atoms with Crippen LogP contribution < -0.4 is 0 Å². The van der Waals surface area contributed by atoms with E-state index in [1.54, 1.807) is 7.11 Å². The minimum Gasteiger partial charge on any atom is -0.381 e. The Morgan fingerprint density at radius 2 is 2.06 bits per heavy atom. The molecule has 16 heavy (non-hydrogen) atoms. The molecule has 2 aliphatic rings. The number of rotatable bonds is 2. The minimum absolute atomic E-state index is 0.0517. The van der Waals surface area contributed by atoms with E-state index >= 15 is 0 Å². The van der Waals surface area contributed by atoms with Crippen molar-refractivity contribution in [2.24, 2.45) is 5.41 Å². The fourth-order valence-electron chi connectivity index (χ4n) is 2.50. The standard InChI is InChI=1S/C12H18N2O2/c1-16-10-3-7-14(8-4-10)11(15)12(9-13)5-2-6-12/h10H,2-8H2,1H3. The quantitative estimate of drug-likeness (QED) is 0.708. The molecule has 2 rings (SSSR count). The first kappa shape index (κ1) is 11.4. The van der Waals surface area contributed by atoms with Gasteiger partial charge in [0.15, 0.2) is 0 Å². The fourth-order valence-corrected chi connectivity index (χ4v) is 2.50. The summed E-state index contributed by atoms with van der Waals surface area (Å²) >= 11 is 0. The molecule has 0 unspecified atom stereocenters. The number of hydrogen-bond donors (Lipinski definition) is 0. The molecule has 1 amide bonds. The van der Waals surface area contributed by atoms with E-state index in [1.165, 1.54) is 0 Å². The zero-order valence-corrected chi connectivity index (χ0v) is 9.74. The van der Waals surface area contributed by atoms with Crippen molar-refractivity contribution in [1.82, 2.24) is 4.90 Å². The van der Waals surface area contributed by atoms with Crippen LogP contribution in [0.2, 0.25) is 0 Å². The monoisotopic (exact) mass is 222 g/mol. The van der Waals surface area contributed by atoms with E-state index in [-0.39, 0.29) is 12.0 Å². The molecule has 1 aliphatic carbocycles. The summed E-state index contributed by atoms with van der Waals surface area (Å²) in [6.45, 7) is 1.47. The molecule has 0 aromatic rings. The second-order valence-corrected chi connectivity index (χ2v) is 4.77. The van der Waals surface area contributed by atoms with Crippen LogP contribution in [0.15, 0.2) is 0 Å². The zero-order chi connectivity index (χ0) is 11.6. The van der Waals surface area contributed by atoms with Gasteiger partial charge in [0.25, 0.3) is 0 Å². The zero-order valence-electron chi connectivity index (χ0n) is 9.74. The maximum absolute atomic E-state index is 12.2. The third kappa shape index (κ3) is 1.80. The van der Waals surface area contributed by atoms with Gasteiger partial charge in [-0.05, 0) is 32.1 Å². The second-order valence-electron chi connectivity index (χ2n) is 4.77. The van der Waals surface area contributed by atoms with Crippen molar-refractivity contribution in [3.05, 3.63) is 0 Å². The molecule has 1 saturated carbocycles. The molecule has 4 nitrogen and oxygen atoms in total. The first-order chi connectivity index (χ1) is 7.72. The average molecular weight is 222 g/mol. The van der Waals surface area contributed by atoms with E-state index in [9.17, 15) is 4.79 Å². The lowest BCUT2D eigenvalue weighted by molar-refractivity contribution is -0.145. The number of carbonyl (C=O) groups excluding carboxylic acids is 1. The summed E-state index contributed by atoms with van der Waals surface area (Å²) in [5.74, 6) is 0.0517. The summed E-state index contributed by atoms with van der Waals surface area (Å²) in [7, 11) is 1.71. The smallest absolute Gasteiger partial charge is 0.243 e. The van der Waals surface area contributed by atoms with Gasteiger partial charge in [-0.3, -0.25) is 4.79 Å². The van der Waals surface area contributed by atoms with E-state index < -0.39 is 5.41 Å². The Bertz CT molecular complexity index is 309. The van der Waals surface area contributed by atoms with Crippen LogP contribution in [0.3, 0.4) is 0 Å². The third-order valence-corrected chi connectivity index (χ3v) is 3.89. The molecule has 0 aromatic heterocycles. The number of hydrogen-bond acceptors (Lipinski definition) is 3. The molecule has 2 fully saturated rings. The molecule has 0 N–H and O–H groups in total. The molecule has 0 aromatic carbocycles. The first-order valence-corrected chi connectivity index (χ1v) is 5.95. The van der Waals surface area contributed by atoms with Gasteiger partial charge in [-0.2, -0.15) is 5.26 Å². The highest BCUT2D eigenvalue weighted by Crippen LogP contribution is 2.42. The van der Waals surface area contributed by atoms with Crippen LogP contribution in [-0.4, -0.2) is 37.1 Å². The Morgan fingerprint density at radius 1 is 1.44 bits per heavy atom. The Kier molecular flexibility index (Phi) is 3.15.